The van der Waals surface area contributed by atoms with Gasteiger partial charge in [0.15, 0.2) is 0 Å². The average Bonchev–Trinajstić information content (AvgIpc) is 3.10. The van der Waals surface area contributed by atoms with E-state index in [4.69, 9.17) is 0 Å². The summed E-state index contributed by atoms with van der Waals surface area (Å²) in [6, 6.07) is 3.81. The van der Waals surface area contributed by atoms with Crippen LogP contribution in [-0.2, 0) is 6.18 Å². The van der Waals surface area contributed by atoms with Gasteiger partial charge in [0.05, 0.1) is 5.56 Å². The monoisotopic (exact) mass is 275 g/mol. The summed E-state index contributed by atoms with van der Waals surface area (Å²) in [5, 5.41) is 3.37. The molecule has 0 amide bonds. The fourth-order valence-corrected chi connectivity index (χ4v) is 2.10. The molecule has 1 saturated carbocycles. The highest BCUT2D eigenvalue weighted by atomic mass is 19.4. The van der Waals surface area contributed by atoms with E-state index in [-0.39, 0.29) is 12.0 Å². The third-order valence-corrected chi connectivity index (χ3v) is 3.65. The van der Waals surface area contributed by atoms with Gasteiger partial charge >= 0.3 is 6.18 Å². The third-order valence-electron chi connectivity index (χ3n) is 3.65. The maximum atomic E-state index is 13.5. The molecule has 0 aromatic heterocycles. The Kier molecular flexibility index (Phi) is 3.85. The SMILES string of the molecule is CC(NC1CC1)C(C)c1ccc(C(F)(F)F)c(F)c1. The molecule has 0 saturated heterocycles. The van der Waals surface area contributed by atoms with Gasteiger partial charge < -0.3 is 5.32 Å². The number of alkyl halides is 3. The molecule has 1 N–H and O–H groups in total. The Hall–Kier alpha value is -1.10. The van der Waals surface area contributed by atoms with Crippen molar-refractivity contribution in [2.75, 3.05) is 0 Å². The summed E-state index contributed by atoms with van der Waals surface area (Å²) in [4.78, 5) is 0. The molecular weight excluding hydrogens is 258 g/mol. The minimum absolute atomic E-state index is 0.0302. The largest absolute Gasteiger partial charge is 0.419 e. The van der Waals surface area contributed by atoms with Crippen LogP contribution in [0.3, 0.4) is 0 Å². The Balaban J connectivity index is 2.14. The number of hydrogen-bond acceptors (Lipinski definition) is 1. The van der Waals surface area contributed by atoms with Crippen LogP contribution in [0, 0.1) is 5.82 Å². The van der Waals surface area contributed by atoms with Crippen LogP contribution < -0.4 is 5.32 Å². The topological polar surface area (TPSA) is 12.0 Å². The Bertz CT molecular complexity index is 451. The minimum Gasteiger partial charge on any atom is -0.311 e. The molecule has 0 heterocycles. The van der Waals surface area contributed by atoms with Gasteiger partial charge in [0.25, 0.3) is 0 Å². The lowest BCUT2D eigenvalue weighted by Crippen LogP contribution is -2.32. The Morgan fingerprint density at radius 1 is 1.21 bits per heavy atom. The van der Waals surface area contributed by atoms with E-state index in [1.54, 1.807) is 0 Å². The van der Waals surface area contributed by atoms with Crippen LogP contribution in [0.5, 0.6) is 0 Å². The zero-order chi connectivity index (χ0) is 14.2. The first kappa shape index (κ1) is 14.3. The number of rotatable bonds is 4. The van der Waals surface area contributed by atoms with Crippen molar-refractivity contribution in [3.05, 3.63) is 35.1 Å². The fraction of sp³-hybridized carbons (Fsp3) is 0.571. The zero-order valence-electron chi connectivity index (χ0n) is 10.9. The summed E-state index contributed by atoms with van der Waals surface area (Å²) in [7, 11) is 0. The van der Waals surface area contributed by atoms with Gasteiger partial charge in [-0.1, -0.05) is 13.0 Å². The third kappa shape index (κ3) is 3.47. The molecule has 0 aliphatic heterocycles. The van der Waals surface area contributed by atoms with E-state index < -0.39 is 17.6 Å². The van der Waals surface area contributed by atoms with Crippen LogP contribution in [0.15, 0.2) is 18.2 Å². The van der Waals surface area contributed by atoms with Gasteiger partial charge in [0.2, 0.25) is 0 Å². The number of halogens is 4. The van der Waals surface area contributed by atoms with E-state index in [9.17, 15) is 17.6 Å². The fourth-order valence-electron chi connectivity index (χ4n) is 2.10. The van der Waals surface area contributed by atoms with Gasteiger partial charge in [-0.3, -0.25) is 0 Å². The second kappa shape index (κ2) is 5.12. The molecule has 19 heavy (non-hydrogen) atoms. The molecule has 1 aliphatic carbocycles. The standard InChI is InChI=1S/C14H17F4N/c1-8(9(2)19-11-4-5-11)10-3-6-12(13(15)7-10)14(16,17)18/h3,6-9,11,19H,4-5H2,1-2H3. The van der Waals surface area contributed by atoms with Crippen molar-refractivity contribution in [3.63, 3.8) is 0 Å². The number of nitrogens with one attached hydrogen (secondary N) is 1. The van der Waals surface area contributed by atoms with E-state index in [1.165, 1.54) is 6.07 Å². The van der Waals surface area contributed by atoms with Gasteiger partial charge in [0.1, 0.15) is 5.82 Å². The minimum atomic E-state index is -4.64. The lowest BCUT2D eigenvalue weighted by atomic mass is 9.93. The van der Waals surface area contributed by atoms with Crippen molar-refractivity contribution < 1.29 is 17.6 Å². The van der Waals surface area contributed by atoms with Crippen molar-refractivity contribution in [2.24, 2.45) is 0 Å². The van der Waals surface area contributed by atoms with E-state index in [1.807, 2.05) is 13.8 Å². The van der Waals surface area contributed by atoms with Gasteiger partial charge in [0, 0.05) is 12.1 Å². The predicted octanol–water partition coefficient (Wildman–Crippen LogP) is 4.09. The molecule has 106 valence electrons. The van der Waals surface area contributed by atoms with Crippen LogP contribution in [-0.4, -0.2) is 12.1 Å². The molecule has 2 unspecified atom stereocenters. The van der Waals surface area contributed by atoms with E-state index in [0.717, 1.165) is 25.0 Å². The summed E-state index contributed by atoms with van der Waals surface area (Å²) >= 11 is 0. The molecule has 1 aliphatic rings. The molecule has 0 bridgehead atoms. The predicted molar refractivity (Wildman–Crippen MR) is 65.4 cm³/mol. The highest BCUT2D eigenvalue weighted by Gasteiger charge is 2.34. The smallest absolute Gasteiger partial charge is 0.311 e. The molecule has 2 atom stereocenters. The first-order valence-electron chi connectivity index (χ1n) is 6.41. The second-order valence-corrected chi connectivity index (χ2v) is 5.26. The van der Waals surface area contributed by atoms with Crippen LogP contribution >= 0.6 is 0 Å². The van der Waals surface area contributed by atoms with Crippen LogP contribution in [0.4, 0.5) is 17.6 Å². The highest BCUT2D eigenvalue weighted by molar-refractivity contribution is 5.29. The molecule has 5 heteroatoms. The summed E-state index contributed by atoms with van der Waals surface area (Å²) in [5.41, 5.74) is -0.614. The molecule has 0 radical (unpaired) electrons. The summed E-state index contributed by atoms with van der Waals surface area (Å²) < 4.78 is 50.9. The highest BCUT2D eigenvalue weighted by Crippen LogP contribution is 2.33. The maximum absolute atomic E-state index is 13.5. The number of benzene rings is 1. The lowest BCUT2D eigenvalue weighted by molar-refractivity contribution is -0.140. The molecule has 2 rings (SSSR count). The van der Waals surface area contributed by atoms with Crippen molar-refractivity contribution in [3.8, 4) is 0 Å². The number of hydrogen-bond donors (Lipinski definition) is 1. The van der Waals surface area contributed by atoms with Gasteiger partial charge in [-0.25, -0.2) is 4.39 Å². The first-order valence-corrected chi connectivity index (χ1v) is 6.41. The molecule has 0 spiro atoms. The van der Waals surface area contributed by atoms with E-state index >= 15 is 0 Å². The molecular formula is C14H17F4N. The maximum Gasteiger partial charge on any atom is 0.419 e. The zero-order valence-corrected chi connectivity index (χ0v) is 10.9. The summed E-state index contributed by atoms with van der Waals surface area (Å²) in [6.07, 6.45) is -2.36. The second-order valence-electron chi connectivity index (χ2n) is 5.26. The van der Waals surface area contributed by atoms with Gasteiger partial charge in [-0.15, -0.1) is 0 Å². The van der Waals surface area contributed by atoms with Crippen molar-refractivity contribution in [2.45, 2.75) is 50.9 Å². The Labute approximate surface area is 110 Å². The quantitative estimate of drug-likeness (QED) is 0.816. The lowest BCUT2D eigenvalue weighted by Gasteiger charge is -2.22. The van der Waals surface area contributed by atoms with Crippen LogP contribution in [0.1, 0.15) is 43.7 Å². The normalized spacial score (nSPS) is 19.3. The van der Waals surface area contributed by atoms with Crippen molar-refractivity contribution in [1.82, 2.24) is 5.32 Å². The molecule has 1 aromatic rings. The van der Waals surface area contributed by atoms with E-state index in [2.05, 4.69) is 5.32 Å². The van der Waals surface area contributed by atoms with Crippen molar-refractivity contribution in [1.29, 1.82) is 0 Å². The Morgan fingerprint density at radius 2 is 1.84 bits per heavy atom. The first-order chi connectivity index (χ1) is 8.79. The van der Waals surface area contributed by atoms with Crippen LogP contribution in [0.2, 0.25) is 0 Å². The van der Waals surface area contributed by atoms with Gasteiger partial charge in [-0.05, 0) is 43.4 Å². The summed E-state index contributed by atoms with van der Waals surface area (Å²) in [5.74, 6) is -1.23. The van der Waals surface area contributed by atoms with E-state index in [0.29, 0.717) is 11.6 Å². The molecule has 1 fully saturated rings. The average molecular weight is 275 g/mol. The Morgan fingerprint density at radius 3 is 2.32 bits per heavy atom. The van der Waals surface area contributed by atoms with Gasteiger partial charge in [-0.2, -0.15) is 13.2 Å². The summed E-state index contributed by atoms with van der Waals surface area (Å²) in [6.45, 7) is 3.86. The van der Waals surface area contributed by atoms with Crippen molar-refractivity contribution >= 4 is 0 Å². The molecule has 1 nitrogen and oxygen atoms in total. The molecule has 1 aromatic carbocycles. The van der Waals surface area contributed by atoms with Crippen LogP contribution in [0.25, 0.3) is 0 Å².